The number of alkyl halides is 3. The zero-order valence-electron chi connectivity index (χ0n) is 13.8. The highest BCUT2D eigenvalue weighted by atomic mass is 19.4. The Morgan fingerprint density at radius 3 is 2.74 bits per heavy atom. The van der Waals surface area contributed by atoms with E-state index in [0.29, 0.717) is 28.0 Å². The van der Waals surface area contributed by atoms with Gasteiger partial charge in [-0.15, -0.1) is 0 Å². The minimum Gasteiger partial charge on any atom is -0.477 e. The summed E-state index contributed by atoms with van der Waals surface area (Å²) in [6, 6.07) is 3.08. The van der Waals surface area contributed by atoms with Crippen LogP contribution in [-0.4, -0.2) is 38.6 Å². The number of rotatable bonds is 6. The van der Waals surface area contributed by atoms with E-state index in [-0.39, 0.29) is 5.88 Å². The molecule has 0 atom stereocenters. The van der Waals surface area contributed by atoms with Gasteiger partial charge in [-0.3, -0.25) is 4.79 Å². The van der Waals surface area contributed by atoms with Crippen molar-refractivity contribution in [3.8, 4) is 17.1 Å². The van der Waals surface area contributed by atoms with Gasteiger partial charge in [0, 0.05) is 35.7 Å². The van der Waals surface area contributed by atoms with Crippen LogP contribution in [0, 0.1) is 0 Å². The second-order valence-corrected chi connectivity index (χ2v) is 5.53. The summed E-state index contributed by atoms with van der Waals surface area (Å²) in [5.41, 5.74) is 7.91. The molecule has 3 N–H and O–H groups in total. The molecule has 0 saturated carbocycles. The van der Waals surface area contributed by atoms with Crippen molar-refractivity contribution in [1.82, 2.24) is 19.9 Å². The van der Waals surface area contributed by atoms with Crippen LogP contribution in [-0.2, 0) is 4.79 Å². The van der Waals surface area contributed by atoms with E-state index in [4.69, 9.17) is 10.5 Å². The monoisotopic (exact) mass is 377 g/mol. The zero-order chi connectivity index (χ0) is 19.4. The summed E-state index contributed by atoms with van der Waals surface area (Å²) in [6.07, 6.45) is 2.02. The van der Waals surface area contributed by atoms with Gasteiger partial charge in [0.25, 0.3) is 0 Å². The number of carbonyl (C=O) groups is 1. The van der Waals surface area contributed by atoms with Gasteiger partial charge in [0.15, 0.2) is 5.65 Å². The lowest BCUT2D eigenvalue weighted by Crippen LogP contribution is -2.13. The number of H-pyrrole nitrogens is 1. The SMILES string of the molecule is NC(=O)/C=C/c1c[nH]c2ncc(-c3ccc(OCCC(F)(F)F)nc3)nc12. The second kappa shape index (κ2) is 7.44. The fourth-order valence-corrected chi connectivity index (χ4v) is 2.24. The van der Waals surface area contributed by atoms with E-state index >= 15 is 0 Å². The number of aromatic nitrogens is 4. The Kier molecular flexibility index (Phi) is 5.06. The number of pyridine rings is 1. The van der Waals surface area contributed by atoms with Crippen molar-refractivity contribution in [3.63, 3.8) is 0 Å². The molecule has 0 radical (unpaired) electrons. The van der Waals surface area contributed by atoms with Crippen LogP contribution in [0.2, 0.25) is 0 Å². The summed E-state index contributed by atoms with van der Waals surface area (Å²) < 4.78 is 41.4. The Bertz CT molecular complexity index is 980. The summed E-state index contributed by atoms with van der Waals surface area (Å²) >= 11 is 0. The van der Waals surface area contributed by atoms with Crippen LogP contribution in [0.3, 0.4) is 0 Å². The lowest BCUT2D eigenvalue weighted by atomic mass is 10.2. The fourth-order valence-electron chi connectivity index (χ4n) is 2.24. The summed E-state index contributed by atoms with van der Waals surface area (Å²) in [5.74, 6) is -0.498. The van der Waals surface area contributed by atoms with E-state index in [0.717, 1.165) is 0 Å². The van der Waals surface area contributed by atoms with Crippen LogP contribution in [0.5, 0.6) is 5.88 Å². The van der Waals surface area contributed by atoms with Crippen LogP contribution in [0.25, 0.3) is 28.5 Å². The highest BCUT2D eigenvalue weighted by molar-refractivity contribution is 5.93. The van der Waals surface area contributed by atoms with Crippen LogP contribution in [0.4, 0.5) is 13.2 Å². The van der Waals surface area contributed by atoms with Crippen LogP contribution in [0.1, 0.15) is 12.0 Å². The number of primary amides is 1. The molecule has 0 aromatic carbocycles. The number of hydrogen-bond donors (Lipinski definition) is 2. The van der Waals surface area contributed by atoms with Crippen molar-refractivity contribution in [3.05, 3.63) is 42.4 Å². The number of aromatic amines is 1. The van der Waals surface area contributed by atoms with Crippen molar-refractivity contribution >= 4 is 23.1 Å². The molecule has 27 heavy (non-hydrogen) atoms. The molecule has 1 amide bonds. The van der Waals surface area contributed by atoms with E-state index in [2.05, 4.69) is 19.9 Å². The van der Waals surface area contributed by atoms with E-state index in [1.807, 2.05) is 0 Å². The van der Waals surface area contributed by atoms with E-state index in [1.165, 1.54) is 30.6 Å². The van der Waals surface area contributed by atoms with Gasteiger partial charge < -0.3 is 15.5 Å². The first-order valence-electron chi connectivity index (χ1n) is 7.79. The molecule has 3 heterocycles. The van der Waals surface area contributed by atoms with Gasteiger partial charge in [0.05, 0.1) is 24.9 Å². The second-order valence-electron chi connectivity index (χ2n) is 5.53. The minimum atomic E-state index is -4.28. The summed E-state index contributed by atoms with van der Waals surface area (Å²) in [5, 5.41) is 0. The number of halogens is 3. The predicted octanol–water partition coefficient (Wildman–Crippen LogP) is 2.85. The van der Waals surface area contributed by atoms with Gasteiger partial charge in [-0.2, -0.15) is 13.2 Å². The standard InChI is InChI=1S/C17H14F3N5O2/c18-17(19,20)5-6-27-14-4-2-10(7-22-14)12-9-24-16-15(25-12)11(8-23-16)1-3-13(21)26/h1-4,7-9H,5-6H2,(H2,21,26)(H,23,24)/b3-1+. The van der Waals surface area contributed by atoms with E-state index in [1.54, 1.807) is 12.3 Å². The maximum Gasteiger partial charge on any atom is 0.392 e. The number of nitrogens with two attached hydrogens (primary N) is 1. The molecule has 0 spiro atoms. The Morgan fingerprint density at radius 1 is 1.26 bits per heavy atom. The number of nitrogens with one attached hydrogen (secondary N) is 1. The van der Waals surface area contributed by atoms with Gasteiger partial charge in [-0.25, -0.2) is 15.0 Å². The molecular formula is C17H14F3N5O2. The first-order valence-corrected chi connectivity index (χ1v) is 7.79. The highest BCUT2D eigenvalue weighted by Crippen LogP contribution is 2.23. The Morgan fingerprint density at radius 2 is 2.07 bits per heavy atom. The number of carbonyl (C=O) groups excluding carboxylic acids is 1. The lowest BCUT2D eigenvalue weighted by molar-refractivity contribution is -0.139. The van der Waals surface area contributed by atoms with Gasteiger partial charge in [0.1, 0.15) is 5.52 Å². The largest absolute Gasteiger partial charge is 0.477 e. The molecule has 0 bridgehead atoms. The maximum absolute atomic E-state index is 12.1. The summed E-state index contributed by atoms with van der Waals surface area (Å²) in [7, 11) is 0. The van der Waals surface area contributed by atoms with E-state index in [9.17, 15) is 18.0 Å². The fraction of sp³-hybridized carbons (Fsp3) is 0.176. The Labute approximate surface area is 151 Å². The van der Waals surface area contributed by atoms with Crippen molar-refractivity contribution in [2.45, 2.75) is 12.6 Å². The average Bonchev–Trinajstić information content (AvgIpc) is 3.02. The maximum atomic E-state index is 12.1. The highest BCUT2D eigenvalue weighted by Gasteiger charge is 2.26. The van der Waals surface area contributed by atoms with Crippen molar-refractivity contribution < 1.29 is 22.7 Å². The Balaban J connectivity index is 1.78. The third-order valence-corrected chi connectivity index (χ3v) is 3.51. The third kappa shape index (κ3) is 4.81. The topological polar surface area (TPSA) is 107 Å². The van der Waals surface area contributed by atoms with Gasteiger partial charge >= 0.3 is 6.18 Å². The molecule has 140 valence electrons. The zero-order valence-corrected chi connectivity index (χ0v) is 13.8. The molecule has 3 aromatic heterocycles. The molecule has 3 aromatic rings. The van der Waals surface area contributed by atoms with Crippen molar-refractivity contribution in [2.75, 3.05) is 6.61 Å². The molecular weight excluding hydrogens is 363 g/mol. The number of ether oxygens (including phenoxy) is 1. The van der Waals surface area contributed by atoms with E-state index < -0.39 is 25.1 Å². The normalized spacial score (nSPS) is 12.0. The van der Waals surface area contributed by atoms with Gasteiger partial charge in [-0.1, -0.05) is 0 Å². The van der Waals surface area contributed by atoms with Crippen molar-refractivity contribution in [2.24, 2.45) is 5.73 Å². The number of hydrogen-bond acceptors (Lipinski definition) is 5. The molecule has 0 saturated heterocycles. The first-order chi connectivity index (χ1) is 12.8. The van der Waals surface area contributed by atoms with Crippen LogP contribution >= 0.6 is 0 Å². The number of nitrogens with zero attached hydrogens (tertiary/aromatic N) is 3. The van der Waals surface area contributed by atoms with Crippen LogP contribution < -0.4 is 10.5 Å². The lowest BCUT2D eigenvalue weighted by Gasteiger charge is -2.08. The third-order valence-electron chi connectivity index (χ3n) is 3.51. The number of fused-ring (bicyclic) bond motifs is 1. The summed E-state index contributed by atoms with van der Waals surface area (Å²) in [4.78, 5) is 26.5. The number of amides is 1. The van der Waals surface area contributed by atoms with Gasteiger partial charge in [-0.05, 0) is 12.1 Å². The summed E-state index contributed by atoms with van der Waals surface area (Å²) in [6.45, 7) is -0.499. The first kappa shape index (κ1) is 18.4. The quantitative estimate of drug-likeness (QED) is 0.643. The molecule has 0 unspecified atom stereocenters. The molecule has 7 nitrogen and oxygen atoms in total. The Hall–Kier alpha value is -3.43. The molecule has 0 aliphatic heterocycles. The van der Waals surface area contributed by atoms with Crippen molar-refractivity contribution in [1.29, 1.82) is 0 Å². The van der Waals surface area contributed by atoms with Gasteiger partial charge in [0.2, 0.25) is 11.8 Å². The minimum absolute atomic E-state index is 0.0868. The molecule has 0 aliphatic carbocycles. The predicted molar refractivity (Wildman–Crippen MR) is 91.5 cm³/mol. The van der Waals surface area contributed by atoms with Crippen LogP contribution in [0.15, 0.2) is 36.8 Å². The molecule has 0 fully saturated rings. The molecule has 0 aliphatic rings. The smallest absolute Gasteiger partial charge is 0.392 e. The average molecular weight is 377 g/mol. The molecule has 3 rings (SSSR count). The molecule has 10 heteroatoms.